The third-order valence-electron chi connectivity index (χ3n) is 5.48. The van der Waals surface area contributed by atoms with Crippen molar-refractivity contribution in [2.45, 2.75) is 19.8 Å². The Balaban J connectivity index is 1.21. The van der Waals surface area contributed by atoms with Gasteiger partial charge in [0.15, 0.2) is 5.96 Å². The molecule has 0 aliphatic carbocycles. The molecule has 1 aromatic heterocycles. The van der Waals surface area contributed by atoms with Gasteiger partial charge in [-0.25, -0.2) is 9.97 Å². The molecule has 0 radical (unpaired) electrons. The molecular weight excluding hydrogens is 400 g/mol. The highest BCUT2D eigenvalue weighted by atomic mass is 16.5. The molecule has 1 fully saturated rings. The van der Waals surface area contributed by atoms with Crippen molar-refractivity contribution < 1.29 is 4.74 Å². The minimum atomic E-state index is 0.611. The van der Waals surface area contributed by atoms with Crippen LogP contribution in [0.25, 0.3) is 0 Å². The standard InChI is InChI=1S/C25H30N6O/c1-26-24(30-14-16-31(17-15-30)25-27-12-5-13-28-25)29-18-21-8-10-23(11-9-21)20-32-19-22-6-3-2-4-7-22/h2-13H,14-20H2,1H3,(H,26,29). The number of nitrogens with one attached hydrogen (secondary N) is 1. The van der Waals surface area contributed by atoms with Crippen LogP contribution in [-0.2, 0) is 24.5 Å². The highest BCUT2D eigenvalue weighted by Crippen LogP contribution is 2.11. The maximum Gasteiger partial charge on any atom is 0.225 e. The maximum absolute atomic E-state index is 5.83. The first-order valence-corrected chi connectivity index (χ1v) is 11.0. The molecule has 0 unspecified atom stereocenters. The number of aliphatic imine (C=N–C) groups is 1. The van der Waals surface area contributed by atoms with Gasteiger partial charge in [-0.1, -0.05) is 54.6 Å². The van der Waals surface area contributed by atoms with Gasteiger partial charge in [0.05, 0.1) is 13.2 Å². The molecule has 0 amide bonds. The fourth-order valence-corrected chi connectivity index (χ4v) is 3.70. The molecule has 2 aromatic carbocycles. The third kappa shape index (κ3) is 6.04. The van der Waals surface area contributed by atoms with Crippen LogP contribution in [0.5, 0.6) is 0 Å². The van der Waals surface area contributed by atoms with Crippen LogP contribution in [0.3, 0.4) is 0 Å². The predicted molar refractivity (Wildman–Crippen MR) is 127 cm³/mol. The molecule has 32 heavy (non-hydrogen) atoms. The maximum atomic E-state index is 5.83. The Morgan fingerprint density at radius 2 is 1.47 bits per heavy atom. The lowest BCUT2D eigenvalue weighted by atomic mass is 10.1. The largest absolute Gasteiger partial charge is 0.372 e. The summed E-state index contributed by atoms with van der Waals surface area (Å²) >= 11 is 0. The van der Waals surface area contributed by atoms with E-state index < -0.39 is 0 Å². The summed E-state index contributed by atoms with van der Waals surface area (Å²) in [6.07, 6.45) is 3.58. The number of hydrogen-bond donors (Lipinski definition) is 1. The predicted octanol–water partition coefficient (Wildman–Crippen LogP) is 3.09. The normalized spacial score (nSPS) is 14.5. The zero-order chi connectivity index (χ0) is 22.0. The van der Waals surface area contributed by atoms with E-state index in [0.29, 0.717) is 13.2 Å². The number of aromatic nitrogens is 2. The Hall–Kier alpha value is -3.45. The van der Waals surface area contributed by atoms with Gasteiger partial charge in [0, 0.05) is 52.2 Å². The summed E-state index contributed by atoms with van der Waals surface area (Å²) < 4.78 is 5.83. The summed E-state index contributed by atoms with van der Waals surface area (Å²) in [5.41, 5.74) is 3.58. The van der Waals surface area contributed by atoms with Gasteiger partial charge in [-0.05, 0) is 22.8 Å². The van der Waals surface area contributed by atoms with E-state index in [4.69, 9.17) is 4.74 Å². The van der Waals surface area contributed by atoms with Crippen molar-refractivity contribution >= 4 is 11.9 Å². The number of ether oxygens (including phenoxy) is 1. The Morgan fingerprint density at radius 1 is 0.844 bits per heavy atom. The fourth-order valence-electron chi connectivity index (χ4n) is 3.70. The molecule has 1 aliphatic heterocycles. The Kier molecular flexibility index (Phi) is 7.65. The molecule has 166 valence electrons. The van der Waals surface area contributed by atoms with E-state index in [0.717, 1.165) is 44.6 Å². The highest BCUT2D eigenvalue weighted by Gasteiger charge is 2.20. The second-order valence-corrected chi connectivity index (χ2v) is 7.72. The third-order valence-corrected chi connectivity index (χ3v) is 5.48. The molecule has 0 saturated carbocycles. The fraction of sp³-hybridized carbons (Fsp3) is 0.320. The Bertz CT molecular complexity index is 970. The number of rotatable bonds is 7. The number of piperazine rings is 1. The van der Waals surface area contributed by atoms with Crippen molar-refractivity contribution in [2.24, 2.45) is 4.99 Å². The van der Waals surface area contributed by atoms with Crippen molar-refractivity contribution in [3.05, 3.63) is 89.7 Å². The zero-order valence-corrected chi connectivity index (χ0v) is 18.5. The first kappa shape index (κ1) is 21.8. The average molecular weight is 431 g/mol. The topological polar surface area (TPSA) is 65.9 Å². The molecule has 4 rings (SSSR count). The van der Waals surface area contributed by atoms with Crippen LogP contribution in [-0.4, -0.2) is 54.1 Å². The summed E-state index contributed by atoms with van der Waals surface area (Å²) in [6.45, 7) is 5.50. The van der Waals surface area contributed by atoms with Gasteiger partial charge in [-0.3, -0.25) is 4.99 Å². The van der Waals surface area contributed by atoms with Crippen LogP contribution in [0.4, 0.5) is 5.95 Å². The van der Waals surface area contributed by atoms with Crippen LogP contribution >= 0.6 is 0 Å². The van der Waals surface area contributed by atoms with E-state index in [9.17, 15) is 0 Å². The van der Waals surface area contributed by atoms with Gasteiger partial charge in [0.25, 0.3) is 0 Å². The van der Waals surface area contributed by atoms with Crippen molar-refractivity contribution in [2.75, 3.05) is 38.1 Å². The van der Waals surface area contributed by atoms with Crippen LogP contribution in [0.1, 0.15) is 16.7 Å². The number of benzene rings is 2. The first-order chi connectivity index (χ1) is 15.8. The van der Waals surface area contributed by atoms with Gasteiger partial charge in [-0.2, -0.15) is 0 Å². The van der Waals surface area contributed by atoms with E-state index >= 15 is 0 Å². The van der Waals surface area contributed by atoms with E-state index in [1.54, 1.807) is 12.4 Å². The van der Waals surface area contributed by atoms with Crippen molar-refractivity contribution in [3.63, 3.8) is 0 Å². The molecule has 2 heterocycles. The molecule has 1 N–H and O–H groups in total. The number of guanidine groups is 1. The number of hydrogen-bond acceptors (Lipinski definition) is 5. The zero-order valence-electron chi connectivity index (χ0n) is 18.5. The lowest BCUT2D eigenvalue weighted by Gasteiger charge is -2.36. The second kappa shape index (κ2) is 11.2. The smallest absolute Gasteiger partial charge is 0.225 e. The summed E-state index contributed by atoms with van der Waals surface area (Å²) in [6, 6.07) is 20.6. The lowest BCUT2D eigenvalue weighted by molar-refractivity contribution is 0.107. The van der Waals surface area contributed by atoms with Crippen molar-refractivity contribution in [3.8, 4) is 0 Å². The summed E-state index contributed by atoms with van der Waals surface area (Å²) in [5.74, 6) is 1.72. The van der Waals surface area contributed by atoms with Crippen LogP contribution in [0.2, 0.25) is 0 Å². The van der Waals surface area contributed by atoms with Gasteiger partial charge in [0.2, 0.25) is 5.95 Å². The SMILES string of the molecule is CN=C(NCc1ccc(COCc2ccccc2)cc1)N1CCN(c2ncccn2)CC1. The average Bonchev–Trinajstić information content (AvgIpc) is 2.87. The van der Waals surface area contributed by atoms with Crippen LogP contribution < -0.4 is 10.2 Å². The minimum absolute atomic E-state index is 0.611. The van der Waals surface area contributed by atoms with Crippen LogP contribution in [0.15, 0.2) is 78.0 Å². The van der Waals surface area contributed by atoms with E-state index in [1.807, 2.05) is 31.3 Å². The van der Waals surface area contributed by atoms with E-state index in [2.05, 4.69) is 66.5 Å². The molecule has 7 nitrogen and oxygen atoms in total. The van der Waals surface area contributed by atoms with Crippen LogP contribution in [0, 0.1) is 0 Å². The first-order valence-electron chi connectivity index (χ1n) is 11.0. The summed E-state index contributed by atoms with van der Waals surface area (Å²) in [7, 11) is 1.84. The molecule has 0 atom stereocenters. The molecule has 0 spiro atoms. The Labute approximate surface area is 189 Å². The molecule has 1 aliphatic rings. The summed E-state index contributed by atoms with van der Waals surface area (Å²) in [5, 5.41) is 3.49. The van der Waals surface area contributed by atoms with Gasteiger partial charge < -0.3 is 19.9 Å². The minimum Gasteiger partial charge on any atom is -0.372 e. The summed E-state index contributed by atoms with van der Waals surface area (Å²) in [4.78, 5) is 17.7. The Morgan fingerprint density at radius 3 is 2.12 bits per heavy atom. The van der Waals surface area contributed by atoms with Gasteiger partial charge in [-0.15, -0.1) is 0 Å². The van der Waals surface area contributed by atoms with Gasteiger partial charge in [0.1, 0.15) is 0 Å². The quantitative estimate of drug-likeness (QED) is 0.459. The molecule has 0 bridgehead atoms. The lowest BCUT2D eigenvalue weighted by Crippen LogP contribution is -2.52. The monoisotopic (exact) mass is 430 g/mol. The van der Waals surface area contributed by atoms with Crippen molar-refractivity contribution in [1.82, 2.24) is 20.2 Å². The second-order valence-electron chi connectivity index (χ2n) is 7.72. The number of nitrogens with zero attached hydrogens (tertiary/aromatic N) is 5. The van der Waals surface area contributed by atoms with E-state index in [1.165, 1.54) is 16.7 Å². The highest BCUT2D eigenvalue weighted by molar-refractivity contribution is 5.80. The van der Waals surface area contributed by atoms with Gasteiger partial charge >= 0.3 is 0 Å². The molecular formula is C25H30N6O. The molecule has 3 aromatic rings. The molecule has 1 saturated heterocycles. The number of anilines is 1. The van der Waals surface area contributed by atoms with E-state index in [-0.39, 0.29) is 0 Å². The molecule has 7 heteroatoms. The van der Waals surface area contributed by atoms with Crippen molar-refractivity contribution in [1.29, 1.82) is 0 Å².